The highest BCUT2D eigenvalue weighted by atomic mass is 35.5. The van der Waals surface area contributed by atoms with Crippen molar-refractivity contribution in [3.05, 3.63) is 81.7 Å². The number of esters is 1. The van der Waals surface area contributed by atoms with Crippen molar-refractivity contribution in [1.29, 1.82) is 0 Å². The summed E-state index contributed by atoms with van der Waals surface area (Å²) in [7, 11) is 1.37. The Morgan fingerprint density at radius 1 is 0.971 bits per heavy atom. The highest BCUT2D eigenvalue weighted by Gasteiger charge is 2.21. The first-order valence-corrected chi connectivity index (χ1v) is 11.3. The van der Waals surface area contributed by atoms with Gasteiger partial charge in [0, 0.05) is 23.5 Å². The summed E-state index contributed by atoms with van der Waals surface area (Å²) in [5, 5.41) is 0. The number of nitrogens with zero attached hydrogens (tertiary/aromatic N) is 1. The molecule has 0 saturated heterocycles. The van der Waals surface area contributed by atoms with E-state index in [2.05, 4.69) is 45.0 Å². The van der Waals surface area contributed by atoms with Crippen molar-refractivity contribution in [1.82, 2.24) is 4.98 Å². The second-order valence-electron chi connectivity index (χ2n) is 8.92. The van der Waals surface area contributed by atoms with E-state index < -0.39 is 5.97 Å². The Hall–Kier alpha value is -2.60. The fraction of sp³-hybridized carbons (Fsp3) is 0.357. The van der Waals surface area contributed by atoms with Gasteiger partial charge in [-0.25, -0.2) is 4.79 Å². The summed E-state index contributed by atoms with van der Waals surface area (Å²) in [6.45, 7) is 11.0. The fourth-order valence-electron chi connectivity index (χ4n) is 4.05. The summed E-state index contributed by atoms with van der Waals surface area (Å²) in [5.74, 6) is 0.532. The van der Waals surface area contributed by atoms with Gasteiger partial charge in [-0.1, -0.05) is 55.3 Å². The molecule has 0 bridgehead atoms. The lowest BCUT2D eigenvalue weighted by molar-refractivity contribution is 0.0595. The number of aryl methyl sites for hydroxylation is 3. The van der Waals surface area contributed by atoms with Crippen molar-refractivity contribution >= 4 is 30.8 Å². The maximum Gasteiger partial charge on any atom is 0.341 e. The van der Waals surface area contributed by atoms with Crippen molar-refractivity contribution in [2.24, 2.45) is 11.7 Å². The van der Waals surface area contributed by atoms with Crippen LogP contribution in [-0.4, -0.2) is 18.1 Å². The first-order valence-electron chi connectivity index (χ1n) is 11.3. The Morgan fingerprint density at radius 2 is 1.60 bits per heavy atom. The third kappa shape index (κ3) is 7.20. The number of carbonyl (C=O) groups excluding carboxylic acids is 1. The molecule has 0 aliphatic rings. The van der Waals surface area contributed by atoms with E-state index >= 15 is 0 Å². The molecule has 0 fully saturated rings. The number of carbonyl (C=O) groups is 1. The van der Waals surface area contributed by atoms with Crippen molar-refractivity contribution in [2.45, 2.75) is 54.2 Å². The minimum Gasteiger partial charge on any atom is -0.488 e. The molecular formula is C28H36Cl2N2O3. The number of nitrogens with two attached hydrogens (primary N) is 1. The number of benzene rings is 2. The topological polar surface area (TPSA) is 74.4 Å². The van der Waals surface area contributed by atoms with Crippen LogP contribution in [0.5, 0.6) is 5.75 Å². The van der Waals surface area contributed by atoms with Gasteiger partial charge in [-0.3, -0.25) is 4.98 Å². The van der Waals surface area contributed by atoms with E-state index in [9.17, 15) is 4.79 Å². The lowest BCUT2D eigenvalue weighted by atomic mass is 9.90. The molecule has 2 aromatic carbocycles. The second kappa shape index (κ2) is 13.5. The van der Waals surface area contributed by atoms with Crippen molar-refractivity contribution in [3.8, 4) is 16.9 Å². The van der Waals surface area contributed by atoms with Gasteiger partial charge in [-0.15, -0.1) is 24.8 Å². The van der Waals surface area contributed by atoms with Crippen LogP contribution >= 0.6 is 24.8 Å². The average molecular weight is 520 g/mol. The molecule has 3 rings (SSSR count). The number of methoxy groups -OCH3 is 1. The second-order valence-corrected chi connectivity index (χ2v) is 8.92. The SMILES string of the molecule is COC(=O)c1cc(C)ccc1OCc1c(C)nc(CC(C)C)c(CN)c1-c1ccc(C)cc1.Cl.Cl. The van der Waals surface area contributed by atoms with Crippen molar-refractivity contribution in [2.75, 3.05) is 7.11 Å². The lowest BCUT2D eigenvalue weighted by Gasteiger charge is -2.22. The van der Waals surface area contributed by atoms with E-state index in [0.717, 1.165) is 45.6 Å². The van der Waals surface area contributed by atoms with Gasteiger partial charge >= 0.3 is 5.97 Å². The predicted molar refractivity (Wildman–Crippen MR) is 147 cm³/mol. The summed E-state index contributed by atoms with van der Waals surface area (Å²) in [5.41, 5.74) is 15.0. The van der Waals surface area contributed by atoms with Crippen LogP contribution in [0, 0.1) is 26.7 Å². The van der Waals surface area contributed by atoms with Gasteiger partial charge in [0.15, 0.2) is 0 Å². The Balaban J connectivity index is 0.00000306. The monoisotopic (exact) mass is 518 g/mol. The van der Waals surface area contributed by atoms with E-state index in [1.54, 1.807) is 6.07 Å². The lowest BCUT2D eigenvalue weighted by Crippen LogP contribution is -2.15. The molecule has 1 aromatic heterocycles. The normalized spacial score (nSPS) is 10.4. The van der Waals surface area contributed by atoms with Gasteiger partial charge in [0.2, 0.25) is 0 Å². The molecule has 0 aliphatic heterocycles. The number of pyridine rings is 1. The number of halogens is 2. The van der Waals surface area contributed by atoms with E-state index in [-0.39, 0.29) is 31.4 Å². The van der Waals surface area contributed by atoms with Gasteiger partial charge in [-0.05, 0) is 61.9 Å². The minimum absolute atomic E-state index is 0. The summed E-state index contributed by atoms with van der Waals surface area (Å²) in [6.07, 6.45) is 0.859. The molecule has 35 heavy (non-hydrogen) atoms. The largest absolute Gasteiger partial charge is 0.488 e. The fourth-order valence-corrected chi connectivity index (χ4v) is 4.05. The highest BCUT2D eigenvalue weighted by Crippen LogP contribution is 2.34. The zero-order valence-electron chi connectivity index (χ0n) is 21.3. The van der Waals surface area contributed by atoms with Crippen LogP contribution < -0.4 is 10.5 Å². The summed E-state index contributed by atoms with van der Waals surface area (Å²) in [6, 6.07) is 14.0. The maximum atomic E-state index is 12.3. The molecule has 1 heterocycles. The van der Waals surface area contributed by atoms with E-state index in [1.165, 1.54) is 12.7 Å². The minimum atomic E-state index is -0.419. The van der Waals surface area contributed by atoms with Crippen molar-refractivity contribution < 1.29 is 14.3 Å². The van der Waals surface area contributed by atoms with Crippen LogP contribution in [0.3, 0.4) is 0 Å². The van der Waals surface area contributed by atoms with Crippen molar-refractivity contribution in [3.63, 3.8) is 0 Å². The molecule has 5 nitrogen and oxygen atoms in total. The molecule has 0 saturated carbocycles. The smallest absolute Gasteiger partial charge is 0.341 e. The molecule has 0 unspecified atom stereocenters. The quantitative estimate of drug-likeness (QED) is 0.342. The van der Waals surface area contributed by atoms with Crippen LogP contribution in [0.4, 0.5) is 0 Å². The third-order valence-electron chi connectivity index (χ3n) is 5.75. The molecule has 7 heteroatoms. The number of hydrogen-bond acceptors (Lipinski definition) is 5. The molecule has 2 N–H and O–H groups in total. The first kappa shape index (κ1) is 30.4. The molecule has 0 radical (unpaired) electrons. The summed E-state index contributed by atoms with van der Waals surface area (Å²) >= 11 is 0. The van der Waals surface area contributed by atoms with Crippen LogP contribution in [0.1, 0.15) is 57.8 Å². The van der Waals surface area contributed by atoms with Gasteiger partial charge in [0.1, 0.15) is 17.9 Å². The van der Waals surface area contributed by atoms with Crippen LogP contribution in [0.2, 0.25) is 0 Å². The predicted octanol–water partition coefficient (Wildman–Crippen LogP) is 6.54. The average Bonchev–Trinajstić information content (AvgIpc) is 2.78. The van der Waals surface area contributed by atoms with E-state index in [0.29, 0.717) is 23.8 Å². The summed E-state index contributed by atoms with van der Waals surface area (Å²) < 4.78 is 11.2. The third-order valence-corrected chi connectivity index (χ3v) is 5.75. The van der Waals surface area contributed by atoms with Crippen LogP contribution in [0.15, 0.2) is 42.5 Å². The zero-order chi connectivity index (χ0) is 24.1. The molecule has 0 atom stereocenters. The van der Waals surface area contributed by atoms with Gasteiger partial charge in [0.25, 0.3) is 0 Å². The van der Waals surface area contributed by atoms with E-state index in [1.807, 2.05) is 26.0 Å². The van der Waals surface area contributed by atoms with Gasteiger partial charge < -0.3 is 15.2 Å². The van der Waals surface area contributed by atoms with Crippen LogP contribution in [0.25, 0.3) is 11.1 Å². The number of rotatable bonds is 8. The number of aromatic nitrogens is 1. The van der Waals surface area contributed by atoms with Gasteiger partial charge in [-0.2, -0.15) is 0 Å². The molecular weight excluding hydrogens is 483 g/mol. The maximum absolute atomic E-state index is 12.3. The number of ether oxygens (including phenoxy) is 2. The summed E-state index contributed by atoms with van der Waals surface area (Å²) in [4.78, 5) is 17.2. The first-order chi connectivity index (χ1) is 15.7. The number of hydrogen-bond donors (Lipinski definition) is 1. The Bertz CT molecular complexity index is 1150. The highest BCUT2D eigenvalue weighted by molar-refractivity contribution is 5.92. The Kier molecular flexibility index (Phi) is 11.7. The molecule has 0 aliphatic carbocycles. The molecule has 190 valence electrons. The molecule has 3 aromatic rings. The van der Waals surface area contributed by atoms with Gasteiger partial charge in [0.05, 0.1) is 7.11 Å². The Morgan fingerprint density at radius 3 is 2.17 bits per heavy atom. The molecule has 0 spiro atoms. The van der Waals surface area contributed by atoms with Crippen LogP contribution in [-0.2, 0) is 24.3 Å². The standard InChI is InChI=1S/C28H34N2O3.2ClH/c1-17(2)13-25-23(15-29)27(21-10-7-18(3)8-11-21)24(20(5)30-25)16-33-26-12-9-19(4)14-22(26)28(31)32-6;;/h7-12,14,17H,13,15-16,29H2,1-6H3;2*1H. The molecule has 0 amide bonds. The zero-order valence-corrected chi connectivity index (χ0v) is 22.9. The Labute approximate surface area is 221 Å². The van der Waals surface area contributed by atoms with E-state index in [4.69, 9.17) is 20.2 Å².